The highest BCUT2D eigenvalue weighted by molar-refractivity contribution is 5.84. The third kappa shape index (κ3) is 1.22. The van der Waals surface area contributed by atoms with Crippen LogP contribution in [0.4, 0.5) is 0 Å². The van der Waals surface area contributed by atoms with Crippen molar-refractivity contribution in [3.05, 3.63) is 0 Å². The molecule has 4 aliphatic rings. The minimum absolute atomic E-state index is 0.110. The fraction of sp³-hybridized carbons (Fsp3) is 0.938. The summed E-state index contributed by atoms with van der Waals surface area (Å²) in [6, 6.07) is 0. The van der Waals surface area contributed by atoms with Gasteiger partial charge in [0.2, 0.25) is 5.91 Å². The van der Waals surface area contributed by atoms with Gasteiger partial charge in [0.05, 0.1) is 5.41 Å². The van der Waals surface area contributed by atoms with Crippen LogP contribution in [0, 0.1) is 28.6 Å². The summed E-state index contributed by atoms with van der Waals surface area (Å²) in [5.74, 6) is 2.89. The Hall–Kier alpha value is -0.530. The zero-order chi connectivity index (χ0) is 12.5. The molecule has 0 bridgehead atoms. The molecular weight excluding hydrogens is 222 g/mol. The van der Waals surface area contributed by atoms with E-state index in [1.54, 1.807) is 0 Å². The van der Waals surface area contributed by atoms with Crippen molar-refractivity contribution in [1.82, 2.24) is 4.90 Å². The second-order valence-corrected chi connectivity index (χ2v) is 7.88. The quantitative estimate of drug-likeness (QED) is 0.734. The second kappa shape index (κ2) is 3.32. The number of piperidine rings is 1. The molecule has 2 unspecified atom stereocenters. The summed E-state index contributed by atoms with van der Waals surface area (Å²) in [6.07, 6.45) is 7.65. The zero-order valence-electron chi connectivity index (χ0n) is 11.7. The fourth-order valence-corrected chi connectivity index (χ4v) is 4.93. The summed E-state index contributed by atoms with van der Waals surface area (Å²) in [4.78, 5) is 15.1. The summed E-state index contributed by atoms with van der Waals surface area (Å²) in [5.41, 5.74) is 0.638. The van der Waals surface area contributed by atoms with Gasteiger partial charge >= 0.3 is 0 Å². The topological polar surface area (TPSA) is 20.3 Å². The molecule has 0 aromatic rings. The molecule has 0 radical (unpaired) electrons. The predicted molar refractivity (Wildman–Crippen MR) is 71.0 cm³/mol. The van der Waals surface area contributed by atoms with E-state index < -0.39 is 0 Å². The molecule has 4 fully saturated rings. The zero-order valence-corrected chi connectivity index (χ0v) is 11.7. The summed E-state index contributed by atoms with van der Waals surface area (Å²) in [6.45, 7) is 6.86. The average Bonchev–Trinajstić information content (AvgIpc) is 2.65. The Morgan fingerprint density at radius 1 is 1.06 bits per heavy atom. The molecule has 4 rings (SSSR count). The van der Waals surface area contributed by atoms with Crippen LogP contribution in [0.3, 0.4) is 0 Å². The Morgan fingerprint density at radius 3 is 2.06 bits per heavy atom. The van der Waals surface area contributed by atoms with Gasteiger partial charge < -0.3 is 4.90 Å². The fourth-order valence-electron chi connectivity index (χ4n) is 4.93. The molecule has 18 heavy (non-hydrogen) atoms. The monoisotopic (exact) mass is 247 g/mol. The van der Waals surface area contributed by atoms with Crippen molar-refractivity contribution in [2.75, 3.05) is 13.1 Å². The van der Waals surface area contributed by atoms with Crippen LogP contribution in [-0.4, -0.2) is 23.9 Å². The molecule has 0 aromatic carbocycles. The minimum atomic E-state index is 0.110. The maximum atomic E-state index is 12.9. The lowest BCUT2D eigenvalue weighted by Crippen LogP contribution is -2.53. The van der Waals surface area contributed by atoms with Gasteiger partial charge in [-0.3, -0.25) is 4.79 Å². The van der Waals surface area contributed by atoms with E-state index in [9.17, 15) is 4.79 Å². The van der Waals surface area contributed by atoms with Gasteiger partial charge in [0.1, 0.15) is 0 Å². The van der Waals surface area contributed by atoms with Gasteiger partial charge in [-0.15, -0.1) is 0 Å². The van der Waals surface area contributed by atoms with E-state index in [1.165, 1.54) is 38.5 Å². The molecule has 2 nitrogen and oxygen atoms in total. The van der Waals surface area contributed by atoms with E-state index in [4.69, 9.17) is 0 Å². The molecule has 1 heterocycles. The number of carbonyl (C=O) groups excluding carboxylic acids is 1. The highest BCUT2D eigenvalue weighted by atomic mass is 16.2. The Bertz CT molecular complexity index is 378. The molecule has 3 saturated carbocycles. The number of rotatable bonds is 2. The number of likely N-dealkylation sites (tertiary alicyclic amines) is 1. The summed E-state index contributed by atoms with van der Waals surface area (Å²) in [7, 11) is 0. The Kier molecular flexibility index (Phi) is 2.08. The second-order valence-electron chi connectivity index (χ2n) is 7.88. The number of hydrogen-bond acceptors (Lipinski definition) is 1. The van der Waals surface area contributed by atoms with Crippen LogP contribution in [0.1, 0.15) is 52.4 Å². The molecule has 0 N–H and O–H groups in total. The van der Waals surface area contributed by atoms with Gasteiger partial charge in [-0.05, 0) is 48.9 Å². The molecule has 0 aromatic heterocycles. The van der Waals surface area contributed by atoms with Gasteiger partial charge in [0.15, 0.2) is 0 Å². The van der Waals surface area contributed by atoms with Gasteiger partial charge in [-0.25, -0.2) is 0 Å². The molecule has 2 heteroatoms. The third-order valence-electron chi connectivity index (χ3n) is 6.97. The summed E-state index contributed by atoms with van der Waals surface area (Å²) < 4.78 is 0. The summed E-state index contributed by atoms with van der Waals surface area (Å²) in [5, 5.41) is 0. The SMILES string of the molecule is CC1(C)C2CN(C(=O)C3(C4CCC4)CCC3)CC21. The third-order valence-corrected chi connectivity index (χ3v) is 6.97. The molecule has 100 valence electrons. The first kappa shape index (κ1) is 11.3. The lowest BCUT2D eigenvalue weighted by atomic mass is 9.54. The van der Waals surface area contributed by atoms with Crippen LogP contribution in [0.5, 0.6) is 0 Å². The van der Waals surface area contributed by atoms with Crippen molar-refractivity contribution in [3.8, 4) is 0 Å². The van der Waals surface area contributed by atoms with Crippen LogP contribution in [0.25, 0.3) is 0 Å². The maximum Gasteiger partial charge on any atom is 0.229 e. The summed E-state index contributed by atoms with van der Waals surface area (Å²) >= 11 is 0. The Balaban J connectivity index is 1.47. The van der Waals surface area contributed by atoms with E-state index >= 15 is 0 Å². The molecule has 1 saturated heterocycles. The van der Waals surface area contributed by atoms with Crippen LogP contribution in [0.2, 0.25) is 0 Å². The van der Waals surface area contributed by atoms with Gasteiger partial charge in [0.25, 0.3) is 0 Å². The molecule has 0 spiro atoms. The predicted octanol–water partition coefficient (Wildman–Crippen LogP) is 3.07. The lowest BCUT2D eigenvalue weighted by molar-refractivity contribution is -0.156. The minimum Gasteiger partial charge on any atom is -0.342 e. The Labute approximate surface area is 110 Å². The lowest BCUT2D eigenvalue weighted by Gasteiger charge is -2.51. The highest BCUT2D eigenvalue weighted by Crippen LogP contribution is 2.63. The van der Waals surface area contributed by atoms with Crippen LogP contribution in [-0.2, 0) is 4.79 Å². The first-order valence-electron chi connectivity index (χ1n) is 7.85. The van der Waals surface area contributed by atoms with E-state index in [0.29, 0.717) is 11.3 Å². The van der Waals surface area contributed by atoms with E-state index in [0.717, 1.165) is 30.8 Å². The van der Waals surface area contributed by atoms with Crippen molar-refractivity contribution in [2.45, 2.75) is 52.4 Å². The van der Waals surface area contributed by atoms with Crippen molar-refractivity contribution >= 4 is 5.91 Å². The van der Waals surface area contributed by atoms with Gasteiger partial charge in [-0.1, -0.05) is 26.7 Å². The first-order valence-corrected chi connectivity index (χ1v) is 7.85. The number of amides is 1. The van der Waals surface area contributed by atoms with Crippen LogP contribution < -0.4 is 0 Å². The van der Waals surface area contributed by atoms with Crippen molar-refractivity contribution in [1.29, 1.82) is 0 Å². The van der Waals surface area contributed by atoms with Crippen LogP contribution in [0.15, 0.2) is 0 Å². The number of nitrogens with zero attached hydrogens (tertiary/aromatic N) is 1. The van der Waals surface area contributed by atoms with Crippen molar-refractivity contribution in [2.24, 2.45) is 28.6 Å². The molecule has 3 aliphatic carbocycles. The van der Waals surface area contributed by atoms with Crippen molar-refractivity contribution in [3.63, 3.8) is 0 Å². The van der Waals surface area contributed by atoms with Gasteiger partial charge in [0, 0.05) is 13.1 Å². The standard InChI is InChI=1S/C16H25NO/c1-15(2)12-9-17(10-13(12)15)14(18)16(7-4-8-16)11-5-3-6-11/h11-13H,3-10H2,1-2H3. The van der Waals surface area contributed by atoms with Crippen LogP contribution >= 0.6 is 0 Å². The highest BCUT2D eigenvalue weighted by Gasteiger charge is 2.64. The van der Waals surface area contributed by atoms with Gasteiger partial charge in [-0.2, -0.15) is 0 Å². The molecule has 1 aliphatic heterocycles. The average molecular weight is 247 g/mol. The molecular formula is C16H25NO. The molecule has 2 atom stereocenters. The number of hydrogen-bond donors (Lipinski definition) is 0. The van der Waals surface area contributed by atoms with E-state index in [2.05, 4.69) is 18.7 Å². The first-order chi connectivity index (χ1) is 8.56. The smallest absolute Gasteiger partial charge is 0.229 e. The normalized spacial score (nSPS) is 39.8. The number of fused-ring (bicyclic) bond motifs is 1. The maximum absolute atomic E-state index is 12.9. The van der Waals surface area contributed by atoms with Crippen molar-refractivity contribution < 1.29 is 4.79 Å². The Morgan fingerprint density at radius 2 is 1.67 bits per heavy atom. The van der Waals surface area contributed by atoms with E-state index in [-0.39, 0.29) is 5.41 Å². The molecule has 1 amide bonds. The number of carbonyl (C=O) groups is 1. The van der Waals surface area contributed by atoms with E-state index in [1.807, 2.05) is 0 Å². The largest absolute Gasteiger partial charge is 0.342 e.